The van der Waals surface area contributed by atoms with Gasteiger partial charge >= 0.3 is 0 Å². The average Bonchev–Trinajstić information content (AvgIpc) is 3.21. The lowest BCUT2D eigenvalue weighted by Crippen LogP contribution is -2.26. The molecule has 27 heavy (non-hydrogen) atoms. The van der Waals surface area contributed by atoms with Gasteiger partial charge < -0.3 is 0 Å². The van der Waals surface area contributed by atoms with Gasteiger partial charge in [-0.2, -0.15) is 5.26 Å². The van der Waals surface area contributed by atoms with Crippen molar-refractivity contribution in [1.29, 1.82) is 5.26 Å². The van der Waals surface area contributed by atoms with Gasteiger partial charge in [-0.1, -0.05) is 36.4 Å². The van der Waals surface area contributed by atoms with E-state index in [1.165, 1.54) is 12.1 Å². The van der Waals surface area contributed by atoms with Crippen LogP contribution in [0.15, 0.2) is 59.5 Å². The monoisotopic (exact) mass is 377 g/mol. The van der Waals surface area contributed by atoms with Crippen molar-refractivity contribution in [2.75, 3.05) is 0 Å². The Morgan fingerprint density at radius 1 is 1.04 bits per heavy atom. The van der Waals surface area contributed by atoms with Gasteiger partial charge in [0.15, 0.2) is 5.78 Å². The van der Waals surface area contributed by atoms with Gasteiger partial charge in [-0.25, -0.2) is 8.42 Å². The molecule has 7 heteroatoms. The predicted molar refractivity (Wildman–Crippen MR) is 102 cm³/mol. The number of Topliss-reactive ketones (excluding diaryl/α,β-unsaturated/α-hetero) is 1. The van der Waals surface area contributed by atoms with Crippen LogP contribution in [0.3, 0.4) is 0 Å². The van der Waals surface area contributed by atoms with Crippen molar-refractivity contribution < 1.29 is 13.2 Å². The number of hydrogen-bond donors (Lipinski definition) is 2. The molecular weight excluding hydrogens is 362 g/mol. The Morgan fingerprint density at radius 2 is 1.70 bits per heavy atom. The number of fused-ring (bicyclic) bond motifs is 3. The zero-order valence-electron chi connectivity index (χ0n) is 14.4. The number of carbonyl (C=O) groups excluding carboxylic acids is 1. The highest BCUT2D eigenvalue weighted by Crippen LogP contribution is 2.39. The molecule has 1 unspecified atom stereocenters. The van der Waals surface area contributed by atoms with E-state index in [2.05, 4.69) is 16.3 Å². The van der Waals surface area contributed by atoms with Crippen molar-refractivity contribution in [2.24, 2.45) is 0 Å². The quantitative estimate of drug-likeness (QED) is 0.567. The van der Waals surface area contributed by atoms with Crippen molar-refractivity contribution in [1.82, 2.24) is 10.2 Å². The first kappa shape index (κ1) is 17.1. The Kier molecular flexibility index (Phi) is 3.86. The van der Waals surface area contributed by atoms with Crippen LogP contribution in [0.5, 0.6) is 0 Å². The Labute approximate surface area is 155 Å². The molecule has 2 aromatic carbocycles. The summed E-state index contributed by atoms with van der Waals surface area (Å²) in [5.41, 5.74) is 3.63. The number of benzene rings is 2. The minimum atomic E-state index is -4.03. The summed E-state index contributed by atoms with van der Waals surface area (Å²) in [5, 5.41) is 15.9. The van der Waals surface area contributed by atoms with Gasteiger partial charge in [0.25, 0.3) is 0 Å². The van der Waals surface area contributed by atoms with Crippen molar-refractivity contribution in [3.63, 3.8) is 0 Å². The number of aromatic nitrogens is 2. The molecule has 0 spiro atoms. The number of sulfone groups is 1. The SMILES string of the molecule is CC(=O)C(C#N)S(=O)(=O)c1ccc(-c2[nH][nH]c3c4ccccc4cc2-3)cc1. The van der Waals surface area contributed by atoms with Gasteiger partial charge in [0.1, 0.15) is 0 Å². The van der Waals surface area contributed by atoms with Gasteiger partial charge in [0.2, 0.25) is 15.1 Å². The molecule has 2 aliphatic rings. The number of rotatable bonds is 4. The molecule has 0 saturated carbocycles. The summed E-state index contributed by atoms with van der Waals surface area (Å²) in [6.07, 6.45) is 0. The van der Waals surface area contributed by atoms with Crippen LogP contribution in [0.4, 0.5) is 0 Å². The van der Waals surface area contributed by atoms with Gasteiger partial charge in [0, 0.05) is 16.5 Å². The molecule has 0 aromatic heterocycles. The molecule has 6 nitrogen and oxygen atoms in total. The number of aromatic amines is 2. The van der Waals surface area contributed by atoms with Crippen LogP contribution in [0.2, 0.25) is 0 Å². The highest BCUT2D eigenvalue weighted by Gasteiger charge is 2.31. The van der Waals surface area contributed by atoms with Crippen molar-refractivity contribution >= 4 is 26.4 Å². The maximum Gasteiger partial charge on any atom is 0.210 e. The molecule has 1 atom stereocenters. The molecule has 0 amide bonds. The molecule has 1 aliphatic heterocycles. The summed E-state index contributed by atoms with van der Waals surface area (Å²) in [6, 6.07) is 17.8. The molecule has 0 bridgehead atoms. The number of nitrogens with zero attached hydrogens (tertiary/aromatic N) is 1. The van der Waals surface area contributed by atoms with E-state index in [0.29, 0.717) is 0 Å². The Hall–Kier alpha value is -3.37. The highest BCUT2D eigenvalue weighted by molar-refractivity contribution is 7.93. The third-order valence-corrected chi connectivity index (χ3v) is 6.64. The van der Waals surface area contributed by atoms with Crippen LogP contribution in [0.1, 0.15) is 6.92 Å². The second-order valence-corrected chi connectivity index (χ2v) is 8.37. The topological polar surface area (TPSA) is 107 Å². The van der Waals surface area contributed by atoms with E-state index in [9.17, 15) is 13.2 Å². The summed E-state index contributed by atoms with van der Waals surface area (Å²) in [6.45, 7) is 1.10. The lowest BCUT2D eigenvalue weighted by molar-refractivity contribution is -0.115. The molecule has 1 heterocycles. The third kappa shape index (κ3) is 2.62. The van der Waals surface area contributed by atoms with Crippen molar-refractivity contribution in [3.05, 3.63) is 54.6 Å². The van der Waals surface area contributed by atoms with E-state index in [1.807, 2.05) is 24.3 Å². The standard InChI is InChI=1S/C20H15N3O3S/c1-12(24)18(11-21)27(25,26)15-8-6-13(7-9-15)19-17-10-14-4-2-3-5-16(14)20(17)23-22-19/h2-10,18,22-23H,1H3. The maximum atomic E-state index is 12.5. The number of H-pyrrole nitrogens is 2. The van der Waals surface area contributed by atoms with Crippen LogP contribution in [0, 0.1) is 11.3 Å². The second-order valence-electron chi connectivity index (χ2n) is 6.33. The van der Waals surface area contributed by atoms with Crippen LogP contribution >= 0.6 is 0 Å². The summed E-state index contributed by atoms with van der Waals surface area (Å²) in [4.78, 5) is 11.4. The number of nitriles is 1. The van der Waals surface area contributed by atoms with E-state index in [4.69, 9.17) is 5.26 Å². The fourth-order valence-electron chi connectivity index (χ4n) is 3.30. The zero-order valence-corrected chi connectivity index (χ0v) is 15.2. The molecule has 0 radical (unpaired) electrons. The third-order valence-electron chi connectivity index (χ3n) is 4.65. The van der Waals surface area contributed by atoms with E-state index < -0.39 is 20.9 Å². The van der Waals surface area contributed by atoms with E-state index in [-0.39, 0.29) is 4.90 Å². The largest absolute Gasteiger partial charge is 0.300 e. The minimum absolute atomic E-state index is 0.0487. The van der Waals surface area contributed by atoms with Crippen LogP contribution in [0.25, 0.3) is 33.3 Å². The lowest BCUT2D eigenvalue weighted by atomic mass is 10.1. The first-order valence-electron chi connectivity index (χ1n) is 8.25. The first-order valence-corrected chi connectivity index (χ1v) is 9.80. The Balaban J connectivity index is 1.75. The highest BCUT2D eigenvalue weighted by atomic mass is 32.2. The second kappa shape index (κ2) is 6.11. The summed E-state index contributed by atoms with van der Waals surface area (Å²) in [7, 11) is -4.03. The fourth-order valence-corrected chi connectivity index (χ4v) is 4.66. The Bertz CT molecular complexity index is 1270. The number of carbonyl (C=O) groups is 1. The normalized spacial score (nSPS) is 12.9. The van der Waals surface area contributed by atoms with Crippen molar-refractivity contribution in [3.8, 4) is 28.6 Å². The molecule has 0 fully saturated rings. The Morgan fingerprint density at radius 3 is 2.37 bits per heavy atom. The smallest absolute Gasteiger partial charge is 0.210 e. The predicted octanol–water partition coefficient (Wildman–Crippen LogP) is 3.52. The molecule has 4 rings (SSSR count). The molecule has 134 valence electrons. The molecular formula is C20H15N3O3S. The average molecular weight is 377 g/mol. The lowest BCUT2D eigenvalue weighted by Gasteiger charge is -2.08. The first-order chi connectivity index (χ1) is 12.9. The minimum Gasteiger partial charge on any atom is -0.300 e. The summed E-state index contributed by atoms with van der Waals surface area (Å²) >= 11 is 0. The fraction of sp³-hybridized carbons (Fsp3) is 0.100. The van der Waals surface area contributed by atoms with Gasteiger partial charge in [-0.3, -0.25) is 15.0 Å². The summed E-state index contributed by atoms with van der Waals surface area (Å²) in [5.74, 6) is -0.689. The molecule has 2 aromatic rings. The van der Waals surface area contributed by atoms with Crippen LogP contribution in [-0.2, 0) is 14.6 Å². The molecule has 0 saturated heterocycles. The van der Waals surface area contributed by atoms with Gasteiger partial charge in [0.05, 0.1) is 22.4 Å². The maximum absolute atomic E-state index is 12.5. The molecule has 1 aliphatic carbocycles. The number of nitrogens with one attached hydrogen (secondary N) is 2. The number of ketones is 1. The van der Waals surface area contributed by atoms with Crippen LogP contribution in [-0.4, -0.2) is 29.6 Å². The van der Waals surface area contributed by atoms with E-state index >= 15 is 0 Å². The van der Waals surface area contributed by atoms with Gasteiger partial charge in [-0.05, 0) is 30.5 Å². The molecule has 2 N–H and O–H groups in total. The number of hydrogen-bond acceptors (Lipinski definition) is 4. The summed E-state index contributed by atoms with van der Waals surface area (Å²) < 4.78 is 25.0. The van der Waals surface area contributed by atoms with Crippen molar-refractivity contribution in [2.45, 2.75) is 17.1 Å². The van der Waals surface area contributed by atoms with Gasteiger partial charge in [-0.15, -0.1) is 0 Å². The van der Waals surface area contributed by atoms with E-state index in [1.54, 1.807) is 18.2 Å². The van der Waals surface area contributed by atoms with E-state index in [0.717, 1.165) is 40.2 Å². The zero-order chi connectivity index (χ0) is 19.2. The van der Waals surface area contributed by atoms with Crippen LogP contribution < -0.4 is 0 Å².